The first-order valence-electron chi connectivity index (χ1n) is 8.70. The number of ether oxygens (including phenoxy) is 4. The van der Waals surface area contributed by atoms with Crippen molar-refractivity contribution in [2.75, 3.05) is 34.2 Å². The van der Waals surface area contributed by atoms with Gasteiger partial charge in [-0.1, -0.05) is 31.2 Å². The van der Waals surface area contributed by atoms with Crippen molar-refractivity contribution in [1.82, 2.24) is 0 Å². The largest absolute Gasteiger partial charge is 0.495 e. The monoisotopic (exact) mass is 369 g/mol. The summed E-state index contributed by atoms with van der Waals surface area (Å²) >= 11 is 0. The van der Waals surface area contributed by atoms with Gasteiger partial charge in [-0.25, -0.2) is 0 Å². The number of hydrogen-bond donors (Lipinski definition) is 1. The molecule has 2 rings (SSSR count). The van der Waals surface area contributed by atoms with Gasteiger partial charge < -0.3 is 24.7 Å². The van der Waals surface area contributed by atoms with Crippen LogP contribution in [0.4, 0.5) is 5.69 Å². The van der Waals surface area contributed by atoms with Crippen molar-refractivity contribution in [3.8, 4) is 23.0 Å². The summed E-state index contributed by atoms with van der Waals surface area (Å²) in [5, 5.41) is 0. The molecule has 0 fully saturated rings. The minimum atomic E-state index is 0.575. The molecule has 0 aromatic heterocycles. The lowest BCUT2D eigenvalue weighted by Crippen LogP contribution is -1.96. The van der Waals surface area contributed by atoms with E-state index in [4.69, 9.17) is 24.7 Å². The highest BCUT2D eigenvalue weighted by atomic mass is 16.5. The molecule has 27 heavy (non-hydrogen) atoms. The normalized spacial score (nSPS) is 11.5. The van der Waals surface area contributed by atoms with Crippen LogP contribution in [-0.4, -0.2) is 28.4 Å². The molecule has 0 heterocycles. The van der Waals surface area contributed by atoms with E-state index in [1.165, 1.54) is 0 Å². The van der Waals surface area contributed by atoms with Crippen LogP contribution >= 0.6 is 0 Å². The highest BCUT2D eigenvalue weighted by molar-refractivity contribution is 5.81. The van der Waals surface area contributed by atoms with Crippen LogP contribution in [0.3, 0.4) is 0 Å². The Hall–Kier alpha value is -3.08. The number of anilines is 1. The zero-order chi connectivity index (χ0) is 19.8. The van der Waals surface area contributed by atoms with E-state index in [1.54, 1.807) is 28.4 Å². The molecule has 0 aliphatic rings. The van der Waals surface area contributed by atoms with Gasteiger partial charge in [-0.3, -0.25) is 0 Å². The molecule has 0 spiro atoms. The summed E-state index contributed by atoms with van der Waals surface area (Å²) in [7, 11) is 6.42. The quantitative estimate of drug-likeness (QED) is 0.534. The average molecular weight is 369 g/mol. The Labute approximate surface area is 161 Å². The van der Waals surface area contributed by atoms with Crippen molar-refractivity contribution < 1.29 is 18.9 Å². The van der Waals surface area contributed by atoms with Gasteiger partial charge in [0.05, 0.1) is 34.1 Å². The third-order valence-electron chi connectivity index (χ3n) is 4.13. The van der Waals surface area contributed by atoms with Crippen LogP contribution in [-0.2, 0) is 0 Å². The Morgan fingerprint density at radius 2 is 1.52 bits per heavy atom. The van der Waals surface area contributed by atoms with E-state index in [0.29, 0.717) is 28.7 Å². The standard InChI is InChI=1S/C22H27NO4/c1-6-7-16(10-8-15-9-11-19(24-2)18(23)12-15)17-13-20(25-3)22(27-5)21(14-17)26-4/h7-14H,6,23H2,1-5H3/b10-8+,16-7?. The number of benzene rings is 2. The lowest BCUT2D eigenvalue weighted by atomic mass is 10.0. The molecule has 2 aromatic rings. The third kappa shape index (κ3) is 4.76. The fourth-order valence-electron chi connectivity index (χ4n) is 2.79. The van der Waals surface area contributed by atoms with Gasteiger partial charge in [0.1, 0.15) is 5.75 Å². The second-order valence-corrected chi connectivity index (χ2v) is 5.82. The van der Waals surface area contributed by atoms with Crippen molar-refractivity contribution in [1.29, 1.82) is 0 Å². The van der Waals surface area contributed by atoms with E-state index >= 15 is 0 Å². The topological polar surface area (TPSA) is 62.9 Å². The van der Waals surface area contributed by atoms with Crippen molar-refractivity contribution in [3.05, 3.63) is 53.6 Å². The molecule has 0 saturated heterocycles. The zero-order valence-corrected chi connectivity index (χ0v) is 16.5. The van der Waals surface area contributed by atoms with E-state index in [9.17, 15) is 0 Å². The maximum atomic E-state index is 6.00. The predicted octanol–water partition coefficient (Wildman–Crippen LogP) is 4.81. The molecule has 2 aromatic carbocycles. The summed E-state index contributed by atoms with van der Waals surface area (Å²) in [6, 6.07) is 9.58. The molecular weight excluding hydrogens is 342 g/mol. The van der Waals surface area contributed by atoms with Gasteiger partial charge in [0.2, 0.25) is 5.75 Å². The molecule has 5 heteroatoms. The molecule has 0 amide bonds. The second-order valence-electron chi connectivity index (χ2n) is 5.82. The van der Waals surface area contributed by atoms with Crippen LogP contribution in [0.25, 0.3) is 11.6 Å². The lowest BCUT2D eigenvalue weighted by Gasteiger charge is -2.14. The summed E-state index contributed by atoms with van der Waals surface area (Å²) in [6.45, 7) is 2.09. The Balaban J connectivity index is 2.43. The van der Waals surface area contributed by atoms with Gasteiger partial charge in [-0.2, -0.15) is 0 Å². The van der Waals surface area contributed by atoms with E-state index in [1.807, 2.05) is 42.5 Å². The highest BCUT2D eigenvalue weighted by Gasteiger charge is 2.14. The minimum absolute atomic E-state index is 0.575. The van der Waals surface area contributed by atoms with E-state index < -0.39 is 0 Å². The third-order valence-corrected chi connectivity index (χ3v) is 4.13. The molecular formula is C22H27NO4. The van der Waals surface area contributed by atoms with Crippen molar-refractivity contribution in [2.45, 2.75) is 13.3 Å². The van der Waals surface area contributed by atoms with Gasteiger partial charge in [0, 0.05) is 0 Å². The maximum absolute atomic E-state index is 6.00. The second kappa shape index (κ2) is 9.57. The molecule has 0 atom stereocenters. The predicted molar refractivity (Wildman–Crippen MR) is 111 cm³/mol. The highest BCUT2D eigenvalue weighted by Crippen LogP contribution is 2.40. The zero-order valence-electron chi connectivity index (χ0n) is 16.5. The van der Waals surface area contributed by atoms with Gasteiger partial charge in [-0.15, -0.1) is 0 Å². The first-order valence-corrected chi connectivity index (χ1v) is 8.70. The number of hydrogen-bond acceptors (Lipinski definition) is 5. The van der Waals surface area contributed by atoms with Crippen LogP contribution in [0.5, 0.6) is 23.0 Å². The van der Waals surface area contributed by atoms with E-state index in [0.717, 1.165) is 23.1 Å². The summed E-state index contributed by atoms with van der Waals surface area (Å²) in [6.07, 6.45) is 7.09. The van der Waals surface area contributed by atoms with Crippen molar-refractivity contribution in [2.24, 2.45) is 0 Å². The summed E-state index contributed by atoms with van der Waals surface area (Å²) in [4.78, 5) is 0. The fourth-order valence-corrected chi connectivity index (χ4v) is 2.79. The summed E-state index contributed by atoms with van der Waals surface area (Å²) in [5.41, 5.74) is 9.61. The first kappa shape index (κ1) is 20.2. The lowest BCUT2D eigenvalue weighted by molar-refractivity contribution is 0.324. The van der Waals surface area contributed by atoms with Crippen LogP contribution < -0.4 is 24.7 Å². The summed E-state index contributed by atoms with van der Waals surface area (Å²) in [5.74, 6) is 2.49. The van der Waals surface area contributed by atoms with Crippen LogP contribution in [0, 0.1) is 0 Å². The molecule has 0 radical (unpaired) electrons. The van der Waals surface area contributed by atoms with Crippen molar-refractivity contribution >= 4 is 17.3 Å². The summed E-state index contributed by atoms with van der Waals surface area (Å²) < 4.78 is 21.5. The molecule has 0 unspecified atom stereocenters. The Morgan fingerprint density at radius 3 is 2.00 bits per heavy atom. The smallest absolute Gasteiger partial charge is 0.203 e. The van der Waals surface area contributed by atoms with E-state index in [2.05, 4.69) is 13.0 Å². The van der Waals surface area contributed by atoms with Crippen LogP contribution in [0.1, 0.15) is 24.5 Å². The molecule has 0 aliphatic heterocycles. The molecule has 144 valence electrons. The molecule has 0 aliphatic carbocycles. The number of nitrogen functional groups attached to an aromatic ring is 1. The number of nitrogens with two attached hydrogens (primary N) is 1. The van der Waals surface area contributed by atoms with E-state index in [-0.39, 0.29) is 0 Å². The molecule has 0 bridgehead atoms. The minimum Gasteiger partial charge on any atom is -0.495 e. The maximum Gasteiger partial charge on any atom is 0.203 e. The fraction of sp³-hybridized carbons (Fsp3) is 0.273. The molecule has 0 saturated carbocycles. The van der Waals surface area contributed by atoms with Gasteiger partial charge in [-0.05, 0) is 47.4 Å². The number of allylic oxidation sites excluding steroid dienone is 3. The van der Waals surface area contributed by atoms with Crippen molar-refractivity contribution in [3.63, 3.8) is 0 Å². The molecule has 2 N–H and O–H groups in total. The number of rotatable bonds is 8. The number of methoxy groups -OCH3 is 4. The first-order chi connectivity index (χ1) is 13.1. The van der Waals surface area contributed by atoms with Gasteiger partial charge in [0.25, 0.3) is 0 Å². The van der Waals surface area contributed by atoms with Crippen LogP contribution in [0.15, 0.2) is 42.5 Å². The Bertz CT molecular complexity index is 815. The Kier molecular flexibility index (Phi) is 7.17. The van der Waals surface area contributed by atoms with Gasteiger partial charge >= 0.3 is 0 Å². The van der Waals surface area contributed by atoms with Gasteiger partial charge in [0.15, 0.2) is 11.5 Å². The molecule has 5 nitrogen and oxygen atoms in total. The van der Waals surface area contributed by atoms with Crippen LogP contribution in [0.2, 0.25) is 0 Å². The SMILES string of the molecule is CCC=C(/C=C/c1ccc(OC)c(N)c1)c1cc(OC)c(OC)c(OC)c1. The average Bonchev–Trinajstić information content (AvgIpc) is 2.69. The Morgan fingerprint density at radius 1 is 0.889 bits per heavy atom.